The van der Waals surface area contributed by atoms with Crippen LogP contribution in [-0.2, 0) is 0 Å². The van der Waals surface area contributed by atoms with Crippen LogP contribution in [0.4, 0.5) is 0 Å². The van der Waals surface area contributed by atoms with Crippen molar-refractivity contribution in [2.24, 2.45) is 0 Å². The second-order valence-electron chi connectivity index (χ2n) is 2.79. The Labute approximate surface area is 80.6 Å². The molecule has 0 saturated heterocycles. The van der Waals surface area contributed by atoms with Crippen LogP contribution in [0.25, 0.3) is 11.4 Å². The largest absolute Gasteiger partial charge is 0.492 e. The maximum Gasteiger partial charge on any atom is 0.492 e. The van der Waals surface area contributed by atoms with E-state index in [1.807, 2.05) is 6.07 Å². The van der Waals surface area contributed by atoms with Gasteiger partial charge in [-0.15, -0.1) is 0 Å². The van der Waals surface area contributed by atoms with Crippen molar-refractivity contribution >= 4 is 12.6 Å². The van der Waals surface area contributed by atoms with Gasteiger partial charge in [-0.3, -0.25) is 10.1 Å². The Morgan fingerprint density at radius 1 is 1.29 bits per heavy atom. The van der Waals surface area contributed by atoms with Crippen LogP contribution in [0.15, 0.2) is 30.6 Å². The van der Waals surface area contributed by atoms with Crippen molar-refractivity contribution in [2.45, 2.75) is 0 Å². The van der Waals surface area contributed by atoms with Gasteiger partial charge >= 0.3 is 7.12 Å². The van der Waals surface area contributed by atoms with Crippen molar-refractivity contribution in [3.63, 3.8) is 0 Å². The number of rotatable bonds is 2. The number of aromatic amines is 1. The molecular weight excluding hydrogens is 181 g/mol. The van der Waals surface area contributed by atoms with E-state index in [0.29, 0.717) is 16.9 Å². The average Bonchev–Trinajstić information content (AvgIpc) is 2.67. The summed E-state index contributed by atoms with van der Waals surface area (Å²) in [7, 11) is -1.54. The minimum atomic E-state index is -1.54. The minimum absolute atomic E-state index is 0.323. The number of H-pyrrole nitrogens is 1. The van der Waals surface area contributed by atoms with E-state index in [1.165, 1.54) is 6.20 Å². The molecule has 70 valence electrons. The topological polar surface area (TPSA) is 82.0 Å². The van der Waals surface area contributed by atoms with Crippen molar-refractivity contribution in [3.05, 3.63) is 30.6 Å². The zero-order chi connectivity index (χ0) is 9.97. The summed E-state index contributed by atoms with van der Waals surface area (Å²) in [4.78, 5) is 4.07. The van der Waals surface area contributed by atoms with Gasteiger partial charge in [0.2, 0.25) is 0 Å². The fourth-order valence-electron chi connectivity index (χ4n) is 1.21. The third kappa shape index (κ3) is 1.52. The zero-order valence-electron chi connectivity index (χ0n) is 7.25. The predicted octanol–water partition coefficient (Wildman–Crippen LogP) is -0.849. The Balaban J connectivity index is 2.47. The Bertz CT molecular complexity index is 416. The van der Waals surface area contributed by atoms with Gasteiger partial charge in [0.05, 0.1) is 11.4 Å². The fourth-order valence-corrected chi connectivity index (χ4v) is 1.21. The van der Waals surface area contributed by atoms with Crippen molar-refractivity contribution in [3.8, 4) is 11.4 Å². The third-order valence-electron chi connectivity index (χ3n) is 1.87. The van der Waals surface area contributed by atoms with E-state index in [4.69, 9.17) is 10.0 Å². The highest BCUT2D eigenvalue weighted by Crippen LogP contribution is 2.09. The summed E-state index contributed by atoms with van der Waals surface area (Å²) in [5.41, 5.74) is 1.48. The normalized spacial score (nSPS) is 10.1. The Morgan fingerprint density at radius 2 is 2.14 bits per heavy atom. The Morgan fingerprint density at radius 3 is 2.79 bits per heavy atom. The molecule has 0 amide bonds. The lowest BCUT2D eigenvalue weighted by Crippen LogP contribution is -2.30. The molecule has 2 aromatic heterocycles. The second kappa shape index (κ2) is 3.61. The molecule has 0 aliphatic carbocycles. The molecule has 0 aliphatic rings. The molecule has 0 atom stereocenters. The standard InChI is InChI=1S/C8H8BN3O2/c13-9(14)6-5-11-12-8(6)7-3-1-2-4-10-7/h1-5,13-14H,(H,11,12). The summed E-state index contributed by atoms with van der Waals surface area (Å²) < 4.78 is 0. The monoisotopic (exact) mass is 189 g/mol. The molecule has 3 N–H and O–H groups in total. The van der Waals surface area contributed by atoms with Crippen LogP contribution in [0.3, 0.4) is 0 Å². The van der Waals surface area contributed by atoms with E-state index >= 15 is 0 Å². The Hall–Kier alpha value is -1.66. The lowest BCUT2D eigenvalue weighted by atomic mass is 9.80. The van der Waals surface area contributed by atoms with Gasteiger partial charge in [-0.2, -0.15) is 5.10 Å². The Kier molecular flexibility index (Phi) is 2.30. The van der Waals surface area contributed by atoms with E-state index in [9.17, 15) is 0 Å². The first-order valence-electron chi connectivity index (χ1n) is 4.10. The van der Waals surface area contributed by atoms with Gasteiger partial charge in [-0.1, -0.05) is 6.07 Å². The molecule has 0 radical (unpaired) electrons. The number of aromatic nitrogens is 3. The maximum absolute atomic E-state index is 9.02. The number of hydrogen-bond donors (Lipinski definition) is 3. The van der Waals surface area contributed by atoms with Crippen LogP contribution < -0.4 is 5.46 Å². The van der Waals surface area contributed by atoms with Gasteiger partial charge < -0.3 is 10.0 Å². The van der Waals surface area contributed by atoms with Crippen molar-refractivity contribution in [1.29, 1.82) is 0 Å². The minimum Gasteiger partial charge on any atom is -0.423 e. The summed E-state index contributed by atoms with van der Waals surface area (Å²) in [6.07, 6.45) is 3.00. The molecule has 0 saturated carbocycles. The van der Waals surface area contributed by atoms with Gasteiger partial charge in [-0.05, 0) is 12.1 Å². The second-order valence-corrected chi connectivity index (χ2v) is 2.79. The molecule has 0 bridgehead atoms. The number of nitrogens with one attached hydrogen (secondary N) is 1. The quantitative estimate of drug-likeness (QED) is 0.537. The fraction of sp³-hybridized carbons (Fsp3) is 0. The smallest absolute Gasteiger partial charge is 0.423 e. The first-order valence-corrected chi connectivity index (χ1v) is 4.10. The van der Waals surface area contributed by atoms with Crippen LogP contribution in [0.5, 0.6) is 0 Å². The molecule has 5 nitrogen and oxygen atoms in total. The van der Waals surface area contributed by atoms with Crippen LogP contribution in [0.1, 0.15) is 0 Å². The van der Waals surface area contributed by atoms with Crippen LogP contribution in [0, 0.1) is 0 Å². The number of hydrogen-bond acceptors (Lipinski definition) is 4. The first-order chi connectivity index (χ1) is 6.79. The maximum atomic E-state index is 9.02. The zero-order valence-corrected chi connectivity index (χ0v) is 7.25. The van der Waals surface area contributed by atoms with E-state index in [2.05, 4.69) is 15.2 Å². The lowest BCUT2D eigenvalue weighted by Gasteiger charge is -1.99. The molecule has 0 aromatic carbocycles. The van der Waals surface area contributed by atoms with E-state index < -0.39 is 7.12 Å². The van der Waals surface area contributed by atoms with Gasteiger partial charge in [0.25, 0.3) is 0 Å². The summed E-state index contributed by atoms with van der Waals surface area (Å²) in [6, 6.07) is 5.37. The molecule has 0 fully saturated rings. The molecule has 6 heteroatoms. The molecule has 2 heterocycles. The van der Waals surface area contributed by atoms with E-state index in [0.717, 1.165) is 0 Å². The molecule has 0 unspecified atom stereocenters. The van der Waals surface area contributed by atoms with Gasteiger partial charge in [0.1, 0.15) is 0 Å². The van der Waals surface area contributed by atoms with Crippen molar-refractivity contribution in [2.75, 3.05) is 0 Å². The molecular formula is C8H8BN3O2. The number of nitrogens with zero attached hydrogens (tertiary/aromatic N) is 2. The summed E-state index contributed by atoms with van der Waals surface area (Å²) in [5.74, 6) is 0. The summed E-state index contributed by atoms with van der Waals surface area (Å²) in [5, 5.41) is 24.5. The van der Waals surface area contributed by atoms with Crippen molar-refractivity contribution in [1.82, 2.24) is 15.2 Å². The van der Waals surface area contributed by atoms with E-state index in [-0.39, 0.29) is 0 Å². The molecule has 14 heavy (non-hydrogen) atoms. The third-order valence-corrected chi connectivity index (χ3v) is 1.87. The predicted molar refractivity (Wildman–Crippen MR) is 51.6 cm³/mol. The summed E-state index contributed by atoms with van der Waals surface area (Å²) in [6.45, 7) is 0. The van der Waals surface area contributed by atoms with Crippen LogP contribution in [0.2, 0.25) is 0 Å². The highest BCUT2D eigenvalue weighted by atomic mass is 16.4. The highest BCUT2D eigenvalue weighted by molar-refractivity contribution is 6.60. The number of pyridine rings is 1. The molecule has 2 aromatic rings. The average molecular weight is 189 g/mol. The highest BCUT2D eigenvalue weighted by Gasteiger charge is 2.19. The van der Waals surface area contributed by atoms with Gasteiger partial charge in [0, 0.05) is 17.9 Å². The van der Waals surface area contributed by atoms with Gasteiger partial charge in [-0.25, -0.2) is 0 Å². The summed E-state index contributed by atoms with van der Waals surface area (Å²) >= 11 is 0. The molecule has 2 rings (SSSR count). The van der Waals surface area contributed by atoms with E-state index in [1.54, 1.807) is 18.3 Å². The SMILES string of the molecule is OB(O)c1cn[nH]c1-c1ccccn1. The lowest BCUT2D eigenvalue weighted by molar-refractivity contribution is 0.426. The molecule has 0 aliphatic heterocycles. The molecule has 0 spiro atoms. The van der Waals surface area contributed by atoms with Crippen LogP contribution in [-0.4, -0.2) is 32.3 Å². The van der Waals surface area contributed by atoms with Crippen molar-refractivity contribution < 1.29 is 10.0 Å². The van der Waals surface area contributed by atoms with Gasteiger partial charge in [0.15, 0.2) is 0 Å². The van der Waals surface area contributed by atoms with Crippen LogP contribution >= 0.6 is 0 Å². The first kappa shape index (κ1) is 8.92.